The van der Waals surface area contributed by atoms with Crippen LogP contribution in [-0.2, 0) is 0 Å². The normalized spacial score (nSPS) is 9.46. The van der Waals surface area contributed by atoms with Crippen molar-refractivity contribution in [3.63, 3.8) is 0 Å². The van der Waals surface area contributed by atoms with E-state index in [-0.39, 0.29) is 5.91 Å². The molecule has 1 amide bonds. The quantitative estimate of drug-likeness (QED) is 0.705. The molecule has 0 radical (unpaired) electrons. The first-order chi connectivity index (χ1) is 6.19. The van der Waals surface area contributed by atoms with Crippen LogP contribution in [0.2, 0.25) is 0 Å². The van der Waals surface area contributed by atoms with Crippen LogP contribution in [0.4, 0.5) is 5.82 Å². The Labute approximate surface area is 77.4 Å². The van der Waals surface area contributed by atoms with E-state index in [0.29, 0.717) is 11.4 Å². The minimum absolute atomic E-state index is 0.124. The van der Waals surface area contributed by atoms with Crippen molar-refractivity contribution in [3.05, 3.63) is 23.4 Å². The Balaban J connectivity index is 3.15. The molecular weight excluding hydrogens is 166 g/mol. The molecule has 0 aliphatic carbocycles. The minimum atomic E-state index is -0.124. The van der Waals surface area contributed by atoms with Crippen LogP contribution >= 0.6 is 0 Å². The second-order valence-electron chi connectivity index (χ2n) is 2.74. The van der Waals surface area contributed by atoms with Gasteiger partial charge < -0.3 is 10.6 Å². The topological polar surface area (TPSA) is 54.0 Å². The van der Waals surface area contributed by atoms with Crippen LogP contribution in [-0.4, -0.2) is 25.0 Å². The van der Waals surface area contributed by atoms with Crippen molar-refractivity contribution in [2.75, 3.05) is 19.4 Å². The second-order valence-corrected chi connectivity index (χ2v) is 2.74. The molecule has 1 rings (SSSR count). The Morgan fingerprint density at radius 1 is 1.46 bits per heavy atom. The number of nitrogens with one attached hydrogen (secondary N) is 2. The average molecular weight is 179 g/mol. The van der Waals surface area contributed by atoms with Crippen LogP contribution in [0.5, 0.6) is 0 Å². The second kappa shape index (κ2) is 3.89. The van der Waals surface area contributed by atoms with E-state index in [1.807, 2.05) is 6.92 Å². The maximum absolute atomic E-state index is 11.4. The summed E-state index contributed by atoms with van der Waals surface area (Å²) in [7, 11) is 3.34. The van der Waals surface area contributed by atoms with Gasteiger partial charge in [0.25, 0.3) is 5.91 Å². The minimum Gasteiger partial charge on any atom is -0.372 e. The van der Waals surface area contributed by atoms with E-state index in [1.165, 1.54) is 0 Å². The van der Waals surface area contributed by atoms with Crippen molar-refractivity contribution in [1.29, 1.82) is 0 Å². The number of carbonyl (C=O) groups excluding carboxylic acids is 1. The summed E-state index contributed by atoms with van der Waals surface area (Å²) in [6.45, 7) is 1.90. The van der Waals surface area contributed by atoms with Crippen molar-refractivity contribution < 1.29 is 4.79 Å². The van der Waals surface area contributed by atoms with E-state index in [2.05, 4.69) is 15.6 Å². The molecule has 70 valence electrons. The molecule has 1 aromatic heterocycles. The number of aryl methyl sites for hydroxylation is 1. The maximum atomic E-state index is 11.4. The molecule has 0 bridgehead atoms. The molecule has 4 heteroatoms. The molecule has 0 atom stereocenters. The molecule has 0 fully saturated rings. The Kier molecular flexibility index (Phi) is 2.84. The standard InChI is InChI=1S/C9H13N3O/c1-6-4-7(9(13)11-3)8(10-2)12-5-6/h4-5H,1-3H3,(H,10,12)(H,11,13). The number of hydrogen-bond acceptors (Lipinski definition) is 3. The highest BCUT2D eigenvalue weighted by Crippen LogP contribution is 2.12. The van der Waals surface area contributed by atoms with Gasteiger partial charge in [-0.2, -0.15) is 0 Å². The zero-order valence-electron chi connectivity index (χ0n) is 8.01. The molecule has 0 aliphatic rings. The van der Waals surface area contributed by atoms with E-state index < -0.39 is 0 Å². The summed E-state index contributed by atoms with van der Waals surface area (Å²) >= 11 is 0. The SMILES string of the molecule is CNC(=O)c1cc(C)cnc1NC. The zero-order chi connectivity index (χ0) is 9.84. The maximum Gasteiger partial charge on any atom is 0.254 e. The molecule has 13 heavy (non-hydrogen) atoms. The Morgan fingerprint density at radius 3 is 2.69 bits per heavy atom. The Hall–Kier alpha value is -1.58. The fourth-order valence-electron chi connectivity index (χ4n) is 1.08. The molecule has 0 saturated heterocycles. The van der Waals surface area contributed by atoms with Crippen molar-refractivity contribution in [2.24, 2.45) is 0 Å². The van der Waals surface area contributed by atoms with Gasteiger partial charge in [0.05, 0.1) is 5.56 Å². The average Bonchev–Trinajstić information content (AvgIpc) is 2.16. The molecule has 0 saturated carbocycles. The van der Waals surface area contributed by atoms with Gasteiger partial charge >= 0.3 is 0 Å². The van der Waals surface area contributed by atoms with Crippen LogP contribution < -0.4 is 10.6 Å². The summed E-state index contributed by atoms with van der Waals surface area (Å²) in [4.78, 5) is 15.4. The first kappa shape index (κ1) is 9.51. The number of aromatic nitrogens is 1. The number of hydrogen-bond donors (Lipinski definition) is 2. The lowest BCUT2D eigenvalue weighted by atomic mass is 10.2. The summed E-state index contributed by atoms with van der Waals surface area (Å²) in [5, 5.41) is 5.43. The molecule has 2 N–H and O–H groups in total. The fourth-order valence-corrected chi connectivity index (χ4v) is 1.08. The van der Waals surface area contributed by atoms with Gasteiger partial charge in [-0.05, 0) is 18.6 Å². The highest BCUT2D eigenvalue weighted by molar-refractivity contribution is 5.98. The van der Waals surface area contributed by atoms with E-state index in [4.69, 9.17) is 0 Å². The summed E-state index contributed by atoms with van der Waals surface area (Å²) in [6, 6.07) is 1.80. The number of amides is 1. The van der Waals surface area contributed by atoms with Crippen molar-refractivity contribution >= 4 is 11.7 Å². The molecule has 0 aromatic carbocycles. The molecule has 1 heterocycles. The van der Waals surface area contributed by atoms with Crippen LogP contribution in [0, 0.1) is 6.92 Å². The lowest BCUT2D eigenvalue weighted by molar-refractivity contribution is 0.0963. The number of carbonyl (C=O) groups is 1. The molecule has 1 aromatic rings. The van der Waals surface area contributed by atoms with E-state index >= 15 is 0 Å². The molecule has 4 nitrogen and oxygen atoms in total. The molecule has 0 unspecified atom stereocenters. The summed E-state index contributed by atoms with van der Waals surface area (Å²) in [5.74, 6) is 0.477. The molecule has 0 aliphatic heterocycles. The lowest BCUT2D eigenvalue weighted by Crippen LogP contribution is -2.19. The Bertz CT molecular complexity index is 323. The number of rotatable bonds is 2. The fraction of sp³-hybridized carbons (Fsp3) is 0.333. The van der Waals surface area contributed by atoms with E-state index in [1.54, 1.807) is 26.4 Å². The summed E-state index contributed by atoms with van der Waals surface area (Å²) in [6.07, 6.45) is 1.72. The highest BCUT2D eigenvalue weighted by atomic mass is 16.1. The molecular formula is C9H13N3O. The van der Waals surface area contributed by atoms with Gasteiger partial charge in [-0.25, -0.2) is 4.98 Å². The smallest absolute Gasteiger partial charge is 0.254 e. The van der Waals surface area contributed by atoms with Crippen molar-refractivity contribution in [2.45, 2.75) is 6.92 Å². The predicted molar refractivity (Wildman–Crippen MR) is 51.9 cm³/mol. The highest BCUT2D eigenvalue weighted by Gasteiger charge is 2.09. The largest absolute Gasteiger partial charge is 0.372 e. The third-order valence-corrected chi connectivity index (χ3v) is 1.73. The van der Waals surface area contributed by atoms with Crippen molar-refractivity contribution in [1.82, 2.24) is 10.3 Å². The number of pyridine rings is 1. The van der Waals surface area contributed by atoms with Crippen LogP contribution in [0.1, 0.15) is 15.9 Å². The number of nitrogens with zero attached hydrogens (tertiary/aromatic N) is 1. The van der Waals surface area contributed by atoms with Gasteiger partial charge in [0, 0.05) is 20.3 Å². The van der Waals surface area contributed by atoms with Crippen LogP contribution in [0.25, 0.3) is 0 Å². The summed E-state index contributed by atoms with van der Waals surface area (Å²) < 4.78 is 0. The third-order valence-electron chi connectivity index (χ3n) is 1.73. The lowest BCUT2D eigenvalue weighted by Gasteiger charge is -2.06. The van der Waals surface area contributed by atoms with Gasteiger partial charge in [-0.15, -0.1) is 0 Å². The van der Waals surface area contributed by atoms with Gasteiger partial charge in [0.2, 0.25) is 0 Å². The van der Waals surface area contributed by atoms with Gasteiger partial charge in [0.1, 0.15) is 5.82 Å². The van der Waals surface area contributed by atoms with Gasteiger partial charge in [-0.1, -0.05) is 0 Å². The van der Waals surface area contributed by atoms with Gasteiger partial charge in [-0.3, -0.25) is 4.79 Å². The monoisotopic (exact) mass is 179 g/mol. The van der Waals surface area contributed by atoms with Gasteiger partial charge in [0.15, 0.2) is 0 Å². The molecule has 0 spiro atoms. The Morgan fingerprint density at radius 2 is 2.15 bits per heavy atom. The van der Waals surface area contributed by atoms with E-state index in [9.17, 15) is 4.79 Å². The number of anilines is 1. The van der Waals surface area contributed by atoms with Crippen molar-refractivity contribution in [3.8, 4) is 0 Å². The summed E-state index contributed by atoms with van der Waals surface area (Å²) in [5.41, 5.74) is 1.54. The van der Waals surface area contributed by atoms with Crippen LogP contribution in [0.15, 0.2) is 12.3 Å². The van der Waals surface area contributed by atoms with Crippen LogP contribution in [0.3, 0.4) is 0 Å². The first-order valence-corrected chi connectivity index (χ1v) is 4.05. The third kappa shape index (κ3) is 1.96. The first-order valence-electron chi connectivity index (χ1n) is 4.05. The van der Waals surface area contributed by atoms with E-state index in [0.717, 1.165) is 5.56 Å². The zero-order valence-corrected chi connectivity index (χ0v) is 8.01. The predicted octanol–water partition coefficient (Wildman–Crippen LogP) is 0.791.